The third-order valence-corrected chi connectivity index (χ3v) is 4.64. The number of carbonyl (C=O) groups excluding carboxylic acids is 1. The van der Waals surface area contributed by atoms with E-state index in [0.717, 1.165) is 36.6 Å². The maximum absolute atomic E-state index is 12.2. The molecular formula is C15H27N5O. The van der Waals surface area contributed by atoms with Gasteiger partial charge >= 0.3 is 0 Å². The molecule has 0 aliphatic carbocycles. The van der Waals surface area contributed by atoms with Crippen LogP contribution in [0.1, 0.15) is 24.7 Å². The molecule has 1 amide bonds. The largest absolute Gasteiger partial charge is 0.330 e. The third-order valence-electron chi connectivity index (χ3n) is 4.64. The molecule has 2 heterocycles. The maximum Gasteiger partial charge on any atom is 0.238 e. The fourth-order valence-corrected chi connectivity index (χ4v) is 3.01. The van der Waals surface area contributed by atoms with Gasteiger partial charge in [-0.1, -0.05) is 6.92 Å². The SMILES string of the molecule is Cc1nn(C)c(C)c1NC(=O)CN1CCC(C)C(CN)C1. The number of piperidine rings is 1. The number of hydrogen-bond acceptors (Lipinski definition) is 4. The Labute approximate surface area is 126 Å². The van der Waals surface area contributed by atoms with Crippen molar-refractivity contribution in [3.05, 3.63) is 11.4 Å². The highest BCUT2D eigenvalue weighted by Crippen LogP contribution is 2.22. The smallest absolute Gasteiger partial charge is 0.238 e. The summed E-state index contributed by atoms with van der Waals surface area (Å²) in [6.45, 7) is 9.12. The van der Waals surface area contributed by atoms with E-state index in [4.69, 9.17) is 5.73 Å². The molecule has 1 aromatic rings. The van der Waals surface area contributed by atoms with Crippen LogP contribution in [0.5, 0.6) is 0 Å². The highest BCUT2D eigenvalue weighted by atomic mass is 16.2. The lowest BCUT2D eigenvalue weighted by Gasteiger charge is -2.36. The van der Waals surface area contributed by atoms with Gasteiger partial charge in [-0.25, -0.2) is 0 Å². The van der Waals surface area contributed by atoms with Crippen LogP contribution in [0.4, 0.5) is 5.69 Å². The Hall–Kier alpha value is -1.40. The number of aryl methyl sites for hydroxylation is 2. The van der Waals surface area contributed by atoms with E-state index in [9.17, 15) is 4.79 Å². The van der Waals surface area contributed by atoms with Crippen molar-refractivity contribution in [2.45, 2.75) is 27.2 Å². The van der Waals surface area contributed by atoms with Gasteiger partial charge in [-0.2, -0.15) is 5.10 Å². The zero-order valence-electron chi connectivity index (χ0n) is 13.5. The second-order valence-electron chi connectivity index (χ2n) is 6.21. The Bertz CT molecular complexity index is 510. The van der Waals surface area contributed by atoms with Crippen LogP contribution in [0, 0.1) is 25.7 Å². The Morgan fingerprint density at radius 2 is 2.19 bits per heavy atom. The number of nitrogens with zero attached hydrogens (tertiary/aromatic N) is 3. The molecule has 0 radical (unpaired) electrons. The fraction of sp³-hybridized carbons (Fsp3) is 0.733. The van der Waals surface area contributed by atoms with Crippen molar-refractivity contribution >= 4 is 11.6 Å². The van der Waals surface area contributed by atoms with Gasteiger partial charge in [0.2, 0.25) is 5.91 Å². The Morgan fingerprint density at radius 3 is 2.76 bits per heavy atom. The average molecular weight is 293 g/mol. The Balaban J connectivity index is 1.93. The van der Waals surface area contributed by atoms with Crippen molar-refractivity contribution in [2.75, 3.05) is 31.5 Å². The molecule has 2 unspecified atom stereocenters. The number of aromatic nitrogens is 2. The minimum atomic E-state index is 0.0273. The molecule has 2 atom stereocenters. The quantitative estimate of drug-likeness (QED) is 0.864. The summed E-state index contributed by atoms with van der Waals surface area (Å²) < 4.78 is 1.79. The van der Waals surface area contributed by atoms with Gasteiger partial charge in [0, 0.05) is 13.6 Å². The lowest BCUT2D eigenvalue weighted by Crippen LogP contribution is -2.45. The molecule has 0 saturated carbocycles. The van der Waals surface area contributed by atoms with E-state index in [1.165, 1.54) is 0 Å². The highest BCUT2D eigenvalue weighted by molar-refractivity contribution is 5.93. The number of carbonyl (C=O) groups is 1. The Morgan fingerprint density at radius 1 is 1.48 bits per heavy atom. The molecule has 1 saturated heterocycles. The summed E-state index contributed by atoms with van der Waals surface area (Å²) in [4.78, 5) is 14.5. The van der Waals surface area contributed by atoms with Crippen molar-refractivity contribution < 1.29 is 4.79 Å². The molecule has 1 aliphatic rings. The molecule has 1 aliphatic heterocycles. The summed E-state index contributed by atoms with van der Waals surface area (Å²) in [6, 6.07) is 0. The second-order valence-corrected chi connectivity index (χ2v) is 6.21. The van der Waals surface area contributed by atoms with Gasteiger partial charge in [0.15, 0.2) is 0 Å². The molecule has 118 valence electrons. The van der Waals surface area contributed by atoms with Crippen molar-refractivity contribution in [3.8, 4) is 0 Å². The van der Waals surface area contributed by atoms with E-state index in [2.05, 4.69) is 22.2 Å². The number of nitrogens with two attached hydrogens (primary N) is 1. The van der Waals surface area contributed by atoms with Gasteiger partial charge < -0.3 is 11.1 Å². The fourth-order valence-electron chi connectivity index (χ4n) is 3.01. The lowest BCUT2D eigenvalue weighted by molar-refractivity contribution is -0.117. The van der Waals surface area contributed by atoms with Gasteiger partial charge in [-0.05, 0) is 45.2 Å². The molecule has 6 nitrogen and oxygen atoms in total. The zero-order valence-corrected chi connectivity index (χ0v) is 13.5. The Kier molecular flexibility index (Phi) is 5.00. The van der Waals surface area contributed by atoms with Crippen LogP contribution in [0.15, 0.2) is 0 Å². The number of hydrogen-bond donors (Lipinski definition) is 2. The lowest BCUT2D eigenvalue weighted by atomic mass is 9.87. The first-order chi connectivity index (χ1) is 9.92. The topological polar surface area (TPSA) is 76.2 Å². The maximum atomic E-state index is 12.2. The van der Waals surface area contributed by atoms with Crippen molar-refractivity contribution in [3.63, 3.8) is 0 Å². The normalized spacial score (nSPS) is 23.3. The van der Waals surface area contributed by atoms with Crippen LogP contribution in [-0.4, -0.2) is 46.8 Å². The number of nitrogens with one attached hydrogen (secondary N) is 1. The van der Waals surface area contributed by atoms with Crippen LogP contribution >= 0.6 is 0 Å². The van der Waals surface area contributed by atoms with Crippen molar-refractivity contribution in [1.82, 2.24) is 14.7 Å². The molecule has 0 bridgehead atoms. The van der Waals surface area contributed by atoms with E-state index >= 15 is 0 Å². The van der Waals surface area contributed by atoms with Crippen LogP contribution in [0.25, 0.3) is 0 Å². The highest BCUT2D eigenvalue weighted by Gasteiger charge is 2.26. The second kappa shape index (κ2) is 6.58. The van der Waals surface area contributed by atoms with Gasteiger partial charge in [0.1, 0.15) is 0 Å². The van der Waals surface area contributed by atoms with E-state index in [1.807, 2.05) is 20.9 Å². The number of rotatable bonds is 4. The number of amides is 1. The summed E-state index contributed by atoms with van der Waals surface area (Å²) in [6.07, 6.45) is 1.11. The first kappa shape index (κ1) is 16.0. The molecule has 1 aromatic heterocycles. The van der Waals surface area contributed by atoms with E-state index < -0.39 is 0 Å². The van der Waals surface area contributed by atoms with Crippen LogP contribution < -0.4 is 11.1 Å². The molecule has 1 fully saturated rings. The van der Waals surface area contributed by atoms with E-state index in [0.29, 0.717) is 24.9 Å². The zero-order chi connectivity index (χ0) is 15.6. The van der Waals surface area contributed by atoms with Gasteiger partial charge in [0.25, 0.3) is 0 Å². The number of likely N-dealkylation sites (tertiary alicyclic amines) is 1. The van der Waals surface area contributed by atoms with Crippen molar-refractivity contribution in [2.24, 2.45) is 24.6 Å². The summed E-state index contributed by atoms with van der Waals surface area (Å²) in [7, 11) is 1.88. The van der Waals surface area contributed by atoms with Crippen LogP contribution in [0.2, 0.25) is 0 Å². The molecule has 21 heavy (non-hydrogen) atoms. The van der Waals surface area contributed by atoms with Crippen molar-refractivity contribution in [1.29, 1.82) is 0 Å². The van der Waals surface area contributed by atoms with Gasteiger partial charge in [-0.3, -0.25) is 14.4 Å². The molecule has 6 heteroatoms. The predicted molar refractivity (Wildman–Crippen MR) is 84.1 cm³/mol. The van der Waals surface area contributed by atoms with E-state index in [-0.39, 0.29) is 5.91 Å². The minimum Gasteiger partial charge on any atom is -0.330 e. The monoisotopic (exact) mass is 293 g/mol. The molecule has 0 spiro atoms. The molecular weight excluding hydrogens is 266 g/mol. The van der Waals surface area contributed by atoms with Crippen LogP contribution in [0.3, 0.4) is 0 Å². The number of anilines is 1. The summed E-state index contributed by atoms with van der Waals surface area (Å²) in [5.41, 5.74) is 8.49. The molecule has 0 aromatic carbocycles. The summed E-state index contributed by atoms with van der Waals surface area (Å²) >= 11 is 0. The molecule has 3 N–H and O–H groups in total. The average Bonchev–Trinajstić information content (AvgIpc) is 2.67. The van der Waals surface area contributed by atoms with Crippen LogP contribution in [-0.2, 0) is 11.8 Å². The molecule has 2 rings (SSSR count). The third kappa shape index (κ3) is 3.63. The standard InChI is InChI=1S/C15H27N5O/c1-10-5-6-20(8-13(10)7-16)9-14(21)17-15-11(2)18-19(4)12(15)3/h10,13H,5-9,16H2,1-4H3,(H,17,21). The van der Waals surface area contributed by atoms with Gasteiger partial charge in [-0.15, -0.1) is 0 Å². The minimum absolute atomic E-state index is 0.0273. The first-order valence-corrected chi connectivity index (χ1v) is 7.64. The van der Waals surface area contributed by atoms with E-state index in [1.54, 1.807) is 4.68 Å². The summed E-state index contributed by atoms with van der Waals surface area (Å²) in [5.74, 6) is 1.17. The van der Waals surface area contributed by atoms with Gasteiger partial charge in [0.05, 0.1) is 23.6 Å². The predicted octanol–water partition coefficient (Wildman–Crippen LogP) is 0.892. The summed E-state index contributed by atoms with van der Waals surface area (Å²) in [5, 5.41) is 7.31. The first-order valence-electron chi connectivity index (χ1n) is 7.64.